The van der Waals surface area contributed by atoms with Gasteiger partial charge in [-0.05, 0) is 65.8 Å². The van der Waals surface area contributed by atoms with E-state index >= 15 is 0 Å². The minimum atomic E-state index is -0.621. The SMILES string of the molecule is Cc1c(C(=O)N(CC(=O)OC(C)(C)C)C(C)C)nnn1-c1cccc2ncccc12. The first-order chi connectivity index (χ1) is 14.1. The van der Waals surface area contributed by atoms with E-state index in [1.54, 1.807) is 38.6 Å². The summed E-state index contributed by atoms with van der Waals surface area (Å²) in [5.74, 6) is -0.826. The van der Waals surface area contributed by atoms with Crippen molar-refractivity contribution in [3.63, 3.8) is 0 Å². The highest BCUT2D eigenvalue weighted by Gasteiger charge is 2.28. The highest BCUT2D eigenvalue weighted by atomic mass is 16.6. The fourth-order valence-corrected chi connectivity index (χ4v) is 3.17. The molecule has 3 aromatic rings. The quantitative estimate of drug-likeness (QED) is 0.601. The summed E-state index contributed by atoms with van der Waals surface area (Å²) < 4.78 is 7.00. The molecule has 30 heavy (non-hydrogen) atoms. The van der Waals surface area contributed by atoms with E-state index in [4.69, 9.17) is 4.74 Å². The van der Waals surface area contributed by atoms with Gasteiger partial charge in [-0.1, -0.05) is 11.3 Å². The van der Waals surface area contributed by atoms with E-state index in [0.717, 1.165) is 16.6 Å². The Hall–Kier alpha value is -3.29. The molecule has 0 aliphatic rings. The van der Waals surface area contributed by atoms with Crippen molar-refractivity contribution in [2.75, 3.05) is 6.54 Å². The molecule has 0 aliphatic heterocycles. The van der Waals surface area contributed by atoms with E-state index < -0.39 is 11.6 Å². The van der Waals surface area contributed by atoms with Gasteiger partial charge >= 0.3 is 5.97 Å². The summed E-state index contributed by atoms with van der Waals surface area (Å²) in [6.07, 6.45) is 1.73. The van der Waals surface area contributed by atoms with Crippen molar-refractivity contribution < 1.29 is 14.3 Å². The van der Waals surface area contributed by atoms with Gasteiger partial charge in [0.1, 0.15) is 12.1 Å². The van der Waals surface area contributed by atoms with Crippen LogP contribution in [0.4, 0.5) is 0 Å². The van der Waals surface area contributed by atoms with Gasteiger partial charge in [0.05, 0.1) is 16.9 Å². The van der Waals surface area contributed by atoms with E-state index in [1.807, 2.05) is 44.2 Å². The fourth-order valence-electron chi connectivity index (χ4n) is 3.17. The van der Waals surface area contributed by atoms with Gasteiger partial charge in [-0.2, -0.15) is 0 Å². The van der Waals surface area contributed by atoms with Gasteiger partial charge in [-0.3, -0.25) is 14.6 Å². The van der Waals surface area contributed by atoms with Crippen molar-refractivity contribution in [2.45, 2.75) is 53.2 Å². The molecule has 2 heterocycles. The molecule has 3 rings (SSSR count). The van der Waals surface area contributed by atoms with E-state index in [2.05, 4.69) is 15.3 Å². The van der Waals surface area contributed by atoms with Crippen LogP contribution in [0.1, 0.15) is 50.8 Å². The summed E-state index contributed by atoms with van der Waals surface area (Å²) in [4.78, 5) is 31.3. The highest BCUT2D eigenvalue weighted by Crippen LogP contribution is 2.22. The van der Waals surface area contributed by atoms with Crippen LogP contribution in [0, 0.1) is 6.92 Å². The number of hydrogen-bond donors (Lipinski definition) is 0. The van der Waals surface area contributed by atoms with Crippen LogP contribution in [0.25, 0.3) is 16.6 Å². The first-order valence-electron chi connectivity index (χ1n) is 9.87. The number of rotatable bonds is 5. The number of esters is 1. The number of pyridine rings is 1. The molecular formula is C22H27N5O3. The summed E-state index contributed by atoms with van der Waals surface area (Å²) >= 11 is 0. The lowest BCUT2D eigenvalue weighted by molar-refractivity contribution is -0.155. The Morgan fingerprint density at radius 2 is 1.90 bits per heavy atom. The van der Waals surface area contributed by atoms with E-state index in [9.17, 15) is 9.59 Å². The number of ether oxygens (including phenoxy) is 1. The summed E-state index contributed by atoms with van der Waals surface area (Å²) in [5.41, 5.74) is 1.78. The lowest BCUT2D eigenvalue weighted by Gasteiger charge is -2.27. The molecule has 2 aromatic heterocycles. The molecule has 0 bridgehead atoms. The van der Waals surface area contributed by atoms with Gasteiger partial charge in [0.25, 0.3) is 5.91 Å². The van der Waals surface area contributed by atoms with Crippen molar-refractivity contribution in [1.82, 2.24) is 24.9 Å². The number of carbonyl (C=O) groups excluding carboxylic acids is 2. The summed E-state index contributed by atoms with van der Waals surface area (Å²) in [7, 11) is 0. The number of benzene rings is 1. The molecule has 0 unspecified atom stereocenters. The van der Waals surface area contributed by atoms with Crippen LogP contribution in [0.15, 0.2) is 36.5 Å². The maximum absolute atomic E-state index is 13.2. The van der Waals surface area contributed by atoms with Crippen molar-refractivity contribution in [2.24, 2.45) is 0 Å². The average molecular weight is 409 g/mol. The second kappa shape index (κ2) is 8.22. The molecule has 158 valence electrons. The number of hydrogen-bond acceptors (Lipinski definition) is 6. The van der Waals surface area contributed by atoms with Gasteiger partial charge in [-0.15, -0.1) is 5.10 Å². The van der Waals surface area contributed by atoms with Crippen LogP contribution in [-0.4, -0.2) is 54.9 Å². The first-order valence-corrected chi connectivity index (χ1v) is 9.87. The summed E-state index contributed by atoms with van der Waals surface area (Å²) in [5, 5.41) is 9.25. The largest absolute Gasteiger partial charge is 0.459 e. The van der Waals surface area contributed by atoms with Gasteiger partial charge in [0.15, 0.2) is 5.69 Å². The van der Waals surface area contributed by atoms with Crippen molar-refractivity contribution in [3.05, 3.63) is 47.9 Å². The maximum atomic E-state index is 13.2. The van der Waals surface area contributed by atoms with Crippen LogP contribution in [0.3, 0.4) is 0 Å². The Balaban J connectivity index is 1.93. The minimum absolute atomic E-state index is 0.155. The number of fused-ring (bicyclic) bond motifs is 1. The monoisotopic (exact) mass is 409 g/mol. The third-order valence-corrected chi connectivity index (χ3v) is 4.55. The van der Waals surface area contributed by atoms with Crippen molar-refractivity contribution in [1.29, 1.82) is 0 Å². The molecule has 1 amide bonds. The van der Waals surface area contributed by atoms with Crippen molar-refractivity contribution >= 4 is 22.8 Å². The molecule has 0 saturated carbocycles. The second-order valence-electron chi connectivity index (χ2n) is 8.40. The van der Waals surface area contributed by atoms with Gasteiger partial charge in [0.2, 0.25) is 0 Å². The Morgan fingerprint density at radius 3 is 2.57 bits per heavy atom. The number of amides is 1. The zero-order valence-electron chi connectivity index (χ0n) is 18.2. The molecule has 0 saturated heterocycles. The first kappa shape index (κ1) is 21.4. The predicted molar refractivity (Wildman–Crippen MR) is 113 cm³/mol. The Morgan fingerprint density at radius 1 is 1.17 bits per heavy atom. The molecule has 0 fully saturated rings. The van der Waals surface area contributed by atoms with E-state index in [1.165, 1.54) is 4.90 Å². The molecule has 1 aromatic carbocycles. The fraction of sp³-hybridized carbons (Fsp3) is 0.409. The highest BCUT2D eigenvalue weighted by molar-refractivity contribution is 5.96. The normalized spacial score (nSPS) is 11.7. The van der Waals surface area contributed by atoms with Gasteiger partial charge < -0.3 is 9.64 Å². The van der Waals surface area contributed by atoms with Crippen LogP contribution >= 0.6 is 0 Å². The van der Waals surface area contributed by atoms with Crippen LogP contribution in [0.2, 0.25) is 0 Å². The molecule has 8 heteroatoms. The Kier molecular flexibility index (Phi) is 5.87. The van der Waals surface area contributed by atoms with E-state index in [-0.39, 0.29) is 24.2 Å². The summed E-state index contributed by atoms with van der Waals surface area (Å²) in [6, 6.07) is 9.29. The zero-order chi connectivity index (χ0) is 22.1. The zero-order valence-corrected chi connectivity index (χ0v) is 18.2. The van der Waals surface area contributed by atoms with Crippen molar-refractivity contribution in [3.8, 4) is 5.69 Å². The number of nitrogens with zero attached hydrogens (tertiary/aromatic N) is 5. The molecule has 0 spiro atoms. The molecule has 0 radical (unpaired) electrons. The molecule has 8 nitrogen and oxygen atoms in total. The smallest absolute Gasteiger partial charge is 0.326 e. The predicted octanol–water partition coefficient (Wildman–Crippen LogP) is 3.32. The lowest BCUT2D eigenvalue weighted by atomic mass is 10.1. The third-order valence-electron chi connectivity index (χ3n) is 4.55. The molecule has 0 N–H and O–H groups in total. The molecule has 0 atom stereocenters. The minimum Gasteiger partial charge on any atom is -0.459 e. The second-order valence-corrected chi connectivity index (χ2v) is 8.40. The lowest BCUT2D eigenvalue weighted by Crippen LogP contribution is -2.43. The Labute approximate surface area is 175 Å². The maximum Gasteiger partial charge on any atom is 0.326 e. The molecular weight excluding hydrogens is 382 g/mol. The van der Waals surface area contributed by atoms with Gasteiger partial charge in [-0.25, -0.2) is 4.68 Å². The average Bonchev–Trinajstić information content (AvgIpc) is 3.04. The topological polar surface area (TPSA) is 90.2 Å². The third kappa shape index (κ3) is 4.48. The summed E-state index contributed by atoms with van der Waals surface area (Å²) in [6.45, 7) is 10.7. The number of carbonyl (C=O) groups is 2. The van der Waals surface area contributed by atoms with Crippen LogP contribution < -0.4 is 0 Å². The number of aromatic nitrogens is 4. The molecule has 0 aliphatic carbocycles. The van der Waals surface area contributed by atoms with Gasteiger partial charge in [0, 0.05) is 17.6 Å². The standard InChI is InChI=1S/C22H27N5O3/c1-14(2)26(13-19(28)30-22(4,5)6)21(29)20-15(3)27(25-24-20)18-11-7-10-17-16(18)9-8-12-23-17/h7-12,14H,13H2,1-6H3. The van der Waals surface area contributed by atoms with E-state index in [0.29, 0.717) is 5.69 Å². The van der Waals surface area contributed by atoms with Crippen LogP contribution in [-0.2, 0) is 9.53 Å². The van der Waals surface area contributed by atoms with Crippen LogP contribution in [0.5, 0.6) is 0 Å². The Bertz CT molecular complexity index is 1080.